The van der Waals surface area contributed by atoms with Crippen LogP contribution in [0.3, 0.4) is 0 Å². The third-order valence-electron chi connectivity index (χ3n) is 3.65. The van der Waals surface area contributed by atoms with Crippen LogP contribution >= 0.6 is 11.8 Å². The number of carboxylic acids is 1. The second-order valence-corrected chi connectivity index (χ2v) is 6.78. The van der Waals surface area contributed by atoms with Crippen molar-refractivity contribution in [2.24, 2.45) is 4.99 Å². The molecule has 2 aromatic carbocycles. The molecule has 1 aliphatic rings. The smallest absolute Gasteiger partial charge is 0.335 e. The molecule has 0 aromatic heterocycles. The first-order valence-electron chi connectivity index (χ1n) is 8.41. The van der Waals surface area contributed by atoms with E-state index >= 15 is 0 Å². The number of hydrogen-bond acceptors (Lipinski definition) is 5. The lowest BCUT2D eigenvalue weighted by Gasteiger charge is -2.04. The average Bonchev–Trinajstić information content (AvgIpc) is 3.00. The zero-order valence-electron chi connectivity index (χ0n) is 14.6. The fourth-order valence-corrected chi connectivity index (χ4v) is 3.15. The molecular formula is C20H18N2O4S. The number of nitrogens with one attached hydrogen (secondary N) is 1. The Bertz CT molecular complexity index is 903. The van der Waals surface area contributed by atoms with E-state index in [1.54, 1.807) is 18.2 Å². The van der Waals surface area contributed by atoms with Crippen LogP contribution in [-0.2, 0) is 4.79 Å². The van der Waals surface area contributed by atoms with Gasteiger partial charge in [-0.2, -0.15) is 0 Å². The summed E-state index contributed by atoms with van der Waals surface area (Å²) in [5, 5.41) is 12.1. The molecule has 2 aromatic rings. The number of aliphatic imine (C=N–C) groups is 1. The zero-order valence-corrected chi connectivity index (χ0v) is 15.5. The number of aromatic carboxylic acids is 1. The van der Waals surface area contributed by atoms with E-state index in [4.69, 9.17) is 9.84 Å². The molecule has 138 valence electrons. The molecule has 0 atom stereocenters. The molecular weight excluding hydrogens is 364 g/mol. The van der Waals surface area contributed by atoms with Crippen molar-refractivity contribution >= 4 is 40.6 Å². The van der Waals surface area contributed by atoms with Gasteiger partial charge in [0.15, 0.2) is 5.17 Å². The number of amidine groups is 1. The van der Waals surface area contributed by atoms with Gasteiger partial charge in [0.2, 0.25) is 0 Å². The van der Waals surface area contributed by atoms with Crippen molar-refractivity contribution in [3.05, 3.63) is 64.6 Å². The zero-order chi connectivity index (χ0) is 19.2. The van der Waals surface area contributed by atoms with E-state index in [1.807, 2.05) is 31.2 Å². The van der Waals surface area contributed by atoms with E-state index < -0.39 is 5.97 Å². The Morgan fingerprint density at radius 3 is 2.52 bits per heavy atom. The first-order chi connectivity index (χ1) is 13.0. The lowest BCUT2D eigenvalue weighted by atomic mass is 10.2. The van der Waals surface area contributed by atoms with Crippen LogP contribution in [0.5, 0.6) is 5.75 Å². The molecule has 0 radical (unpaired) electrons. The van der Waals surface area contributed by atoms with E-state index in [-0.39, 0.29) is 11.5 Å². The Labute approximate surface area is 161 Å². The predicted molar refractivity (Wildman–Crippen MR) is 106 cm³/mol. The summed E-state index contributed by atoms with van der Waals surface area (Å²) in [6, 6.07) is 13.7. The highest BCUT2D eigenvalue weighted by Crippen LogP contribution is 2.28. The van der Waals surface area contributed by atoms with Crippen LogP contribution in [0.4, 0.5) is 5.69 Å². The third-order valence-corrected chi connectivity index (χ3v) is 4.56. The number of rotatable bonds is 6. The Morgan fingerprint density at radius 1 is 1.19 bits per heavy atom. The third kappa shape index (κ3) is 4.98. The number of carbonyl (C=O) groups excluding carboxylic acids is 1. The van der Waals surface area contributed by atoms with Crippen LogP contribution in [0.1, 0.15) is 29.3 Å². The Balaban J connectivity index is 1.70. The summed E-state index contributed by atoms with van der Waals surface area (Å²) in [6.45, 7) is 2.72. The maximum Gasteiger partial charge on any atom is 0.335 e. The largest absolute Gasteiger partial charge is 0.494 e. The Hall–Kier alpha value is -3.06. The maximum absolute atomic E-state index is 12.1. The van der Waals surface area contributed by atoms with E-state index in [0.717, 1.165) is 17.7 Å². The highest BCUT2D eigenvalue weighted by atomic mass is 32.2. The summed E-state index contributed by atoms with van der Waals surface area (Å²) in [4.78, 5) is 27.9. The van der Waals surface area contributed by atoms with E-state index in [9.17, 15) is 9.59 Å². The molecule has 0 aliphatic carbocycles. The lowest BCUT2D eigenvalue weighted by Crippen LogP contribution is -2.19. The van der Waals surface area contributed by atoms with Crippen molar-refractivity contribution in [1.29, 1.82) is 0 Å². The van der Waals surface area contributed by atoms with Gasteiger partial charge in [0.1, 0.15) is 5.75 Å². The molecule has 1 aliphatic heterocycles. The van der Waals surface area contributed by atoms with Gasteiger partial charge in [-0.25, -0.2) is 9.79 Å². The van der Waals surface area contributed by atoms with Gasteiger partial charge >= 0.3 is 5.97 Å². The van der Waals surface area contributed by atoms with Gasteiger partial charge in [-0.3, -0.25) is 4.79 Å². The molecule has 6 nitrogen and oxygen atoms in total. The van der Waals surface area contributed by atoms with Crippen LogP contribution < -0.4 is 10.1 Å². The van der Waals surface area contributed by atoms with Gasteiger partial charge in [0, 0.05) is 0 Å². The van der Waals surface area contributed by atoms with E-state index in [0.29, 0.717) is 22.4 Å². The fourth-order valence-electron chi connectivity index (χ4n) is 2.31. The highest BCUT2D eigenvalue weighted by molar-refractivity contribution is 8.18. The van der Waals surface area contributed by atoms with Crippen LogP contribution in [0.25, 0.3) is 6.08 Å². The monoisotopic (exact) mass is 382 g/mol. The molecule has 7 heteroatoms. The molecule has 0 saturated carbocycles. The number of amides is 1. The molecule has 1 amide bonds. The van der Waals surface area contributed by atoms with Crippen molar-refractivity contribution in [3.63, 3.8) is 0 Å². The Morgan fingerprint density at radius 2 is 1.89 bits per heavy atom. The summed E-state index contributed by atoms with van der Waals surface area (Å²) in [5.41, 5.74) is 1.65. The minimum absolute atomic E-state index is 0.189. The standard InChI is InChI=1S/C20H18N2O4S/c1-2-11-26-16-9-3-13(4-10-16)12-17-18(23)22-20(27-17)21-15-7-5-14(6-8-15)19(24)25/h3-10,12H,2,11H2,1H3,(H,24,25)(H,21,22,23)/b17-12-. The highest BCUT2D eigenvalue weighted by Gasteiger charge is 2.23. The second-order valence-electron chi connectivity index (χ2n) is 5.75. The van der Waals surface area contributed by atoms with Crippen LogP contribution in [0.15, 0.2) is 58.4 Å². The minimum atomic E-state index is -0.992. The van der Waals surface area contributed by atoms with E-state index in [2.05, 4.69) is 10.3 Å². The summed E-state index contributed by atoms with van der Waals surface area (Å²) in [7, 11) is 0. The van der Waals surface area contributed by atoms with Gasteiger partial charge in [0.05, 0.1) is 22.8 Å². The van der Waals surface area contributed by atoms with E-state index in [1.165, 1.54) is 23.9 Å². The summed E-state index contributed by atoms with van der Waals surface area (Å²) >= 11 is 1.24. The van der Waals surface area contributed by atoms with Crippen molar-refractivity contribution in [3.8, 4) is 5.75 Å². The average molecular weight is 382 g/mol. The summed E-state index contributed by atoms with van der Waals surface area (Å²) in [6.07, 6.45) is 2.74. The van der Waals surface area contributed by atoms with Gasteiger partial charge in [0.25, 0.3) is 5.91 Å². The lowest BCUT2D eigenvalue weighted by molar-refractivity contribution is -0.115. The number of nitrogens with zero attached hydrogens (tertiary/aromatic N) is 1. The molecule has 0 unspecified atom stereocenters. The number of ether oxygens (including phenoxy) is 1. The molecule has 0 spiro atoms. The first kappa shape index (κ1) is 18.7. The van der Waals surface area contributed by atoms with Gasteiger partial charge < -0.3 is 15.2 Å². The number of hydrogen-bond donors (Lipinski definition) is 2. The number of benzene rings is 2. The van der Waals surface area contributed by atoms with Crippen molar-refractivity contribution in [1.82, 2.24) is 5.32 Å². The number of thioether (sulfide) groups is 1. The van der Waals surface area contributed by atoms with Crippen LogP contribution in [-0.4, -0.2) is 28.8 Å². The van der Waals surface area contributed by atoms with Crippen molar-refractivity contribution < 1.29 is 19.4 Å². The van der Waals surface area contributed by atoms with Gasteiger partial charge in [-0.05, 0) is 66.2 Å². The molecule has 2 N–H and O–H groups in total. The summed E-state index contributed by atoms with van der Waals surface area (Å²) in [5.74, 6) is -0.407. The van der Waals surface area contributed by atoms with Crippen LogP contribution in [0, 0.1) is 0 Å². The molecule has 1 saturated heterocycles. The number of carbonyl (C=O) groups is 2. The summed E-state index contributed by atoms with van der Waals surface area (Å²) < 4.78 is 5.55. The number of carboxylic acid groups (broad SMARTS) is 1. The minimum Gasteiger partial charge on any atom is -0.494 e. The van der Waals surface area contributed by atoms with Crippen molar-refractivity contribution in [2.75, 3.05) is 6.61 Å². The van der Waals surface area contributed by atoms with Crippen LogP contribution in [0.2, 0.25) is 0 Å². The second kappa shape index (κ2) is 8.55. The topological polar surface area (TPSA) is 88.0 Å². The molecule has 0 bridgehead atoms. The maximum atomic E-state index is 12.1. The van der Waals surface area contributed by atoms with Gasteiger partial charge in [-0.15, -0.1) is 0 Å². The fraction of sp³-hybridized carbons (Fsp3) is 0.150. The SMILES string of the molecule is CCCOc1ccc(/C=C2\SC(=Nc3ccc(C(=O)O)cc3)NC2=O)cc1. The first-order valence-corrected chi connectivity index (χ1v) is 9.22. The molecule has 1 heterocycles. The molecule has 3 rings (SSSR count). The quantitative estimate of drug-likeness (QED) is 0.736. The normalized spacial score (nSPS) is 16.6. The van der Waals surface area contributed by atoms with Crippen molar-refractivity contribution in [2.45, 2.75) is 13.3 Å². The molecule has 27 heavy (non-hydrogen) atoms. The Kier molecular flexibility index (Phi) is 5.93. The van der Waals surface area contributed by atoms with Gasteiger partial charge in [-0.1, -0.05) is 19.1 Å². The molecule has 1 fully saturated rings. The predicted octanol–water partition coefficient (Wildman–Crippen LogP) is 4.07.